The van der Waals surface area contributed by atoms with Crippen LogP contribution in [0.3, 0.4) is 0 Å². The van der Waals surface area contributed by atoms with Gasteiger partial charge in [0.15, 0.2) is 0 Å². The molecule has 1 aliphatic rings. The summed E-state index contributed by atoms with van der Waals surface area (Å²) in [6.07, 6.45) is -3.25. The van der Waals surface area contributed by atoms with E-state index in [1.807, 2.05) is 42.6 Å². The minimum Gasteiger partial charge on any atom is -0.475 e. The van der Waals surface area contributed by atoms with Gasteiger partial charge >= 0.3 is 18.2 Å². The molecule has 1 fully saturated rings. The topological polar surface area (TPSA) is 94.8 Å². The molecule has 7 nitrogen and oxygen atoms in total. The molecule has 2 atom stereocenters. The van der Waals surface area contributed by atoms with Crippen LogP contribution >= 0.6 is 0 Å². The number of nitrogens with zero attached hydrogens (tertiary/aromatic N) is 2. The van der Waals surface area contributed by atoms with E-state index in [4.69, 9.17) is 9.90 Å². The number of carbonyl (C=O) groups is 2. The molecule has 0 spiro atoms. The molecule has 2 heterocycles. The molecule has 1 unspecified atom stereocenters. The van der Waals surface area contributed by atoms with Crippen molar-refractivity contribution in [1.29, 1.82) is 0 Å². The van der Waals surface area contributed by atoms with Gasteiger partial charge in [0.25, 0.3) is 0 Å². The third-order valence-corrected chi connectivity index (χ3v) is 6.94. The predicted molar refractivity (Wildman–Crippen MR) is 147 cm³/mol. The molecule has 1 saturated heterocycles. The molecule has 2 aromatic carbocycles. The number of rotatable bonds is 7. The van der Waals surface area contributed by atoms with Gasteiger partial charge < -0.3 is 25.0 Å². The van der Waals surface area contributed by atoms with E-state index >= 15 is 0 Å². The van der Waals surface area contributed by atoms with E-state index < -0.39 is 29.9 Å². The van der Waals surface area contributed by atoms with Crippen LogP contribution in [0.4, 0.5) is 26.7 Å². The summed E-state index contributed by atoms with van der Waals surface area (Å²) in [5, 5.41) is 20.1. The average molecular weight is 596 g/mol. The predicted octanol–water partition coefficient (Wildman–Crippen LogP) is 6.79. The van der Waals surface area contributed by atoms with Gasteiger partial charge in [0.2, 0.25) is 0 Å². The fourth-order valence-electron chi connectivity index (χ4n) is 4.87. The second-order valence-electron chi connectivity index (χ2n) is 11.3. The number of halogens is 5. The Morgan fingerprint density at radius 1 is 1.02 bits per heavy atom. The summed E-state index contributed by atoms with van der Waals surface area (Å²) in [6, 6.07) is 15.4. The normalized spacial score (nSPS) is 16.1. The lowest BCUT2D eigenvalue weighted by molar-refractivity contribution is -0.192. The molecular formula is C30H34F5N3O4. The number of carboxylic acids is 1. The molecule has 3 N–H and O–H groups in total. The van der Waals surface area contributed by atoms with Gasteiger partial charge in [-0.15, -0.1) is 0 Å². The van der Waals surface area contributed by atoms with E-state index in [-0.39, 0.29) is 22.9 Å². The number of alkyl halides is 3. The number of benzene rings is 2. The number of aromatic nitrogens is 1. The van der Waals surface area contributed by atoms with E-state index in [0.29, 0.717) is 31.7 Å². The summed E-state index contributed by atoms with van der Waals surface area (Å²) in [7, 11) is 0. The summed E-state index contributed by atoms with van der Waals surface area (Å²) in [4.78, 5) is 21.7. The van der Waals surface area contributed by atoms with E-state index in [0.717, 1.165) is 29.8 Å². The highest BCUT2D eigenvalue weighted by Crippen LogP contribution is 2.37. The molecule has 42 heavy (non-hydrogen) atoms. The van der Waals surface area contributed by atoms with Crippen LogP contribution < -0.4 is 5.32 Å². The van der Waals surface area contributed by atoms with Crippen molar-refractivity contribution < 1.29 is 41.8 Å². The van der Waals surface area contributed by atoms with Crippen molar-refractivity contribution in [3.8, 4) is 11.1 Å². The third kappa shape index (κ3) is 8.78. The van der Waals surface area contributed by atoms with Gasteiger partial charge in [-0.3, -0.25) is 0 Å². The monoisotopic (exact) mass is 595 g/mol. The highest BCUT2D eigenvalue weighted by Gasteiger charge is 2.38. The molecule has 1 amide bonds. The lowest BCUT2D eigenvalue weighted by Gasteiger charge is -2.33. The lowest BCUT2D eigenvalue weighted by atomic mass is 9.84. The van der Waals surface area contributed by atoms with Gasteiger partial charge in [-0.1, -0.05) is 51.1 Å². The molecule has 1 aromatic heterocycles. The van der Waals surface area contributed by atoms with Gasteiger partial charge in [0.05, 0.1) is 6.04 Å². The standard InChI is InChI=1S/C28H33F2N3O2.C2HF3O2/c1-28(2,3)26(31-15-20-11-12-32(17-20)27(34)35)25-13-21(23-14-22(29)9-10-24(23)30)18-33(25)16-19-7-5-4-6-8-19;3-2(4,5)1(6)7/h4-10,13-14,18,20,26,31H,11-12,15-17H2,1-3H3,(H,34,35);(H,6,7)/t20?,26-;/m0./s1. The van der Waals surface area contributed by atoms with E-state index in [9.17, 15) is 31.9 Å². The Hall–Kier alpha value is -3.93. The minimum atomic E-state index is -5.08. The molecule has 0 aliphatic carbocycles. The van der Waals surface area contributed by atoms with Crippen molar-refractivity contribution in [2.24, 2.45) is 11.3 Å². The fraction of sp³-hybridized carbons (Fsp3) is 0.400. The molecule has 0 bridgehead atoms. The zero-order chi connectivity index (χ0) is 31.2. The van der Waals surface area contributed by atoms with E-state index in [1.165, 1.54) is 11.0 Å². The zero-order valence-corrected chi connectivity index (χ0v) is 23.5. The van der Waals surface area contributed by atoms with Gasteiger partial charge in [-0.05, 0) is 47.6 Å². The highest BCUT2D eigenvalue weighted by molar-refractivity contribution is 5.73. The van der Waals surface area contributed by atoms with Crippen molar-refractivity contribution in [2.45, 2.75) is 46.0 Å². The van der Waals surface area contributed by atoms with Gasteiger partial charge in [0, 0.05) is 49.2 Å². The smallest absolute Gasteiger partial charge is 0.475 e. The number of hydrogen-bond donors (Lipinski definition) is 3. The van der Waals surface area contributed by atoms with Crippen LogP contribution in [0.15, 0.2) is 60.8 Å². The molecule has 0 saturated carbocycles. The summed E-state index contributed by atoms with van der Waals surface area (Å²) in [5.74, 6) is -3.47. The SMILES string of the molecule is CC(C)(C)[C@@H](NCC1CCN(C(=O)O)C1)c1cc(-c2cc(F)ccc2F)cn1Cc1ccccc1.O=C(O)C(F)(F)F. The first-order valence-electron chi connectivity index (χ1n) is 13.3. The summed E-state index contributed by atoms with van der Waals surface area (Å²) in [6.45, 7) is 8.77. The van der Waals surface area contributed by atoms with Crippen LogP contribution in [0, 0.1) is 23.0 Å². The average Bonchev–Trinajstić information content (AvgIpc) is 3.53. The first-order chi connectivity index (χ1) is 19.6. The lowest BCUT2D eigenvalue weighted by Crippen LogP contribution is -2.37. The third-order valence-electron chi connectivity index (χ3n) is 6.94. The minimum absolute atomic E-state index is 0.0875. The molecule has 1 aliphatic heterocycles. The maximum Gasteiger partial charge on any atom is 0.490 e. The summed E-state index contributed by atoms with van der Waals surface area (Å²) < 4.78 is 62.5. The van der Waals surface area contributed by atoms with Crippen molar-refractivity contribution >= 4 is 12.1 Å². The Morgan fingerprint density at radius 3 is 2.21 bits per heavy atom. The van der Waals surface area contributed by atoms with Crippen LogP contribution in [-0.4, -0.2) is 57.6 Å². The van der Waals surface area contributed by atoms with Gasteiger partial charge in [-0.2, -0.15) is 13.2 Å². The largest absolute Gasteiger partial charge is 0.490 e. The molecule has 3 aromatic rings. The highest BCUT2D eigenvalue weighted by atomic mass is 19.4. The maximum atomic E-state index is 14.7. The first kappa shape index (κ1) is 32.6. The summed E-state index contributed by atoms with van der Waals surface area (Å²) >= 11 is 0. The molecule has 4 rings (SSSR count). The zero-order valence-electron chi connectivity index (χ0n) is 23.5. The Kier molecular flexibility index (Phi) is 10.4. The number of carboxylic acid groups (broad SMARTS) is 2. The maximum absolute atomic E-state index is 14.7. The second-order valence-corrected chi connectivity index (χ2v) is 11.3. The van der Waals surface area contributed by atoms with Crippen LogP contribution in [0.25, 0.3) is 11.1 Å². The molecule has 12 heteroatoms. The Balaban J connectivity index is 0.000000616. The summed E-state index contributed by atoms with van der Waals surface area (Å²) in [5.41, 5.74) is 2.76. The van der Waals surface area contributed by atoms with Crippen LogP contribution in [0.5, 0.6) is 0 Å². The van der Waals surface area contributed by atoms with Crippen molar-refractivity contribution in [3.05, 3.63) is 83.7 Å². The van der Waals surface area contributed by atoms with Crippen LogP contribution in [0.1, 0.15) is 44.5 Å². The van der Waals surface area contributed by atoms with Gasteiger partial charge in [0.1, 0.15) is 11.6 Å². The van der Waals surface area contributed by atoms with E-state index in [1.54, 1.807) is 0 Å². The molecule has 0 radical (unpaired) electrons. The Bertz CT molecular complexity index is 1370. The number of hydrogen-bond acceptors (Lipinski definition) is 3. The number of likely N-dealkylation sites (tertiary alicyclic amines) is 1. The number of amides is 1. The van der Waals surface area contributed by atoms with Crippen LogP contribution in [0.2, 0.25) is 0 Å². The van der Waals surface area contributed by atoms with Crippen molar-refractivity contribution in [1.82, 2.24) is 14.8 Å². The first-order valence-corrected chi connectivity index (χ1v) is 13.3. The second kappa shape index (κ2) is 13.4. The van der Waals surface area contributed by atoms with Crippen LogP contribution in [-0.2, 0) is 11.3 Å². The fourth-order valence-corrected chi connectivity index (χ4v) is 4.87. The quantitative estimate of drug-likeness (QED) is 0.262. The van der Waals surface area contributed by atoms with Gasteiger partial charge in [-0.25, -0.2) is 18.4 Å². The number of aliphatic carboxylic acids is 1. The Labute approximate surface area is 240 Å². The van der Waals surface area contributed by atoms with E-state index in [2.05, 4.69) is 30.7 Å². The molecule has 228 valence electrons. The van der Waals surface area contributed by atoms with Crippen molar-refractivity contribution in [3.63, 3.8) is 0 Å². The van der Waals surface area contributed by atoms with Crippen molar-refractivity contribution in [2.75, 3.05) is 19.6 Å². The Morgan fingerprint density at radius 2 is 1.67 bits per heavy atom. The number of nitrogens with one attached hydrogen (secondary N) is 1. The molecular weight excluding hydrogens is 561 g/mol.